The van der Waals surface area contributed by atoms with Crippen molar-refractivity contribution in [2.75, 3.05) is 37.8 Å². The summed E-state index contributed by atoms with van der Waals surface area (Å²) in [5.41, 5.74) is 11.3. The monoisotopic (exact) mass is 1260 g/mol. The first-order valence-electron chi connectivity index (χ1n) is 25.0. The van der Waals surface area contributed by atoms with Crippen molar-refractivity contribution < 1.29 is 68.0 Å². The van der Waals surface area contributed by atoms with Crippen LogP contribution in [0.25, 0.3) is 10.8 Å². The van der Waals surface area contributed by atoms with Gasteiger partial charge in [0.2, 0.25) is 20.0 Å². The summed E-state index contributed by atoms with van der Waals surface area (Å²) in [5, 5.41) is 4.45. The van der Waals surface area contributed by atoms with Crippen LogP contribution in [0.2, 0.25) is 0 Å². The Kier molecular flexibility index (Phi) is 16.6. The van der Waals surface area contributed by atoms with Gasteiger partial charge in [-0.15, -0.1) is 0 Å². The highest BCUT2D eigenvalue weighted by atomic mass is 32.3. The third kappa shape index (κ3) is 13.7. The Bertz CT molecular complexity index is 4670. The topological polar surface area (TPSA) is 403 Å². The molecule has 8 N–H and O–H groups in total. The molecule has 0 fully saturated rings. The van der Waals surface area contributed by atoms with Crippen LogP contribution in [0.1, 0.15) is 50.7 Å². The minimum atomic E-state index is -4.81. The second-order valence-corrected chi connectivity index (χ2v) is 28.7. The van der Waals surface area contributed by atoms with E-state index in [2.05, 4.69) is 33.1 Å². The number of aromatic nitrogens is 1. The van der Waals surface area contributed by atoms with Gasteiger partial charge in [-0.3, -0.25) is 9.11 Å². The number of nitrogens with zero attached hydrogens (tertiary/aromatic N) is 5. The van der Waals surface area contributed by atoms with E-state index in [1.165, 1.54) is 72.8 Å². The van der Waals surface area contributed by atoms with Gasteiger partial charge in [-0.1, -0.05) is 78.9 Å². The molecule has 0 amide bonds. The maximum atomic E-state index is 13.6. The van der Waals surface area contributed by atoms with Crippen molar-refractivity contribution >= 4 is 106 Å². The molecular formula is C52H48N10O16S6. The Morgan fingerprint density at radius 2 is 1.01 bits per heavy atom. The van der Waals surface area contributed by atoms with Crippen LogP contribution in [0.15, 0.2) is 184 Å². The smallest absolute Gasteiger partial charge is 0.345 e. The molecule has 1 unspecified atom stereocenters. The number of amidine groups is 5. The van der Waals surface area contributed by atoms with E-state index in [-0.39, 0.29) is 51.3 Å². The number of aromatic amines is 1. The first-order valence-corrected chi connectivity index (χ1v) is 34.0. The number of nitrogens with one attached hydrogen (secondary N) is 4. The zero-order valence-electron chi connectivity index (χ0n) is 43.4. The van der Waals surface area contributed by atoms with E-state index < -0.39 is 91.4 Å². The Hall–Kier alpha value is -7.57. The molecule has 3 aliphatic rings. The second kappa shape index (κ2) is 23.5. The third-order valence-corrected chi connectivity index (χ3v) is 20.4. The SMILES string of the molecule is NC1N=C(N=C2NC(=NC3=NC(=Nc4[nH]cc5ccc(S(=O)(=O)NCCc6ccc(S(=O)(=O)CCOS(=O)(=O)O)cc6)cc45)c4ccccc43)c3ccccc32)c2ccc(S(=O)(=O)NCCc3ccc(S(=O)(=O)CCOS(=O)(=O)O)cc3)cc21. The Morgan fingerprint density at radius 1 is 0.536 bits per heavy atom. The largest absolute Gasteiger partial charge is 0.397 e. The molecule has 438 valence electrons. The fourth-order valence-electron chi connectivity index (χ4n) is 9.05. The number of fused-ring (bicyclic) bond motifs is 4. The highest BCUT2D eigenvalue weighted by molar-refractivity contribution is 7.92. The van der Waals surface area contributed by atoms with Gasteiger partial charge in [-0.2, -0.15) is 16.8 Å². The summed E-state index contributed by atoms with van der Waals surface area (Å²) >= 11 is 0. The Morgan fingerprint density at radius 3 is 1.55 bits per heavy atom. The van der Waals surface area contributed by atoms with Crippen LogP contribution in [-0.2, 0) is 81.7 Å². The lowest BCUT2D eigenvalue weighted by atomic mass is 10.1. The number of aliphatic imine (C=N–C) groups is 5. The summed E-state index contributed by atoms with van der Waals surface area (Å²) in [6, 6.07) is 34.9. The standard InChI is InChI=1S/C52H48N10O16S6/c53-46-45-30-38(82(69,70)56-24-22-33-11-16-36(17-12-33)80(65,66)28-26-78-84(74,75)76)19-20-43(45)48(57-46)59-50-41-7-3-4-8-42(41)52(61-50)62-51-40-6-2-1-5-39(40)49(60-51)58-47-44-29-37(18-13-34(44)31-54-47)81(67,68)55-23-21-32-9-14-35(15-10-32)79(63,64)27-25-77-83(71,72)73/h1-20,29-31,46,54-56H,21-28,53H2,(H,71,72,73)(H,74,75,76)(H,57,58,59,60,61,62). The first kappa shape index (κ1) is 59.6. The molecule has 1 atom stereocenters. The summed E-state index contributed by atoms with van der Waals surface area (Å²) in [7, 11) is -25.6. The van der Waals surface area contributed by atoms with Gasteiger partial charge in [0.05, 0.1) is 44.3 Å². The Labute approximate surface area is 482 Å². The molecule has 0 saturated carbocycles. The maximum absolute atomic E-state index is 13.6. The number of rotatable bonds is 21. The van der Waals surface area contributed by atoms with Gasteiger partial charge < -0.3 is 16.0 Å². The maximum Gasteiger partial charge on any atom is 0.397 e. The van der Waals surface area contributed by atoms with Gasteiger partial charge >= 0.3 is 20.8 Å². The van der Waals surface area contributed by atoms with E-state index in [0.717, 1.165) is 0 Å². The molecule has 6 aromatic carbocycles. The number of sulfone groups is 2. The van der Waals surface area contributed by atoms with Crippen molar-refractivity contribution in [1.82, 2.24) is 19.7 Å². The van der Waals surface area contributed by atoms with E-state index in [1.54, 1.807) is 18.3 Å². The van der Waals surface area contributed by atoms with Crippen LogP contribution < -0.4 is 20.5 Å². The lowest BCUT2D eigenvalue weighted by Gasteiger charge is -2.10. The zero-order chi connectivity index (χ0) is 59.8. The lowest BCUT2D eigenvalue weighted by molar-refractivity contribution is 0.282. The fraction of sp³-hybridized carbons (Fsp3) is 0.173. The summed E-state index contributed by atoms with van der Waals surface area (Å²) < 4.78 is 178. The number of hydrogen-bond acceptors (Lipinski definition) is 19. The van der Waals surface area contributed by atoms with Gasteiger partial charge in [-0.05, 0) is 78.6 Å². The molecule has 3 aliphatic heterocycles. The van der Waals surface area contributed by atoms with Crippen molar-refractivity contribution in [1.29, 1.82) is 0 Å². The predicted octanol–water partition coefficient (Wildman–Crippen LogP) is 3.45. The number of nitrogens with two attached hydrogens (primary N) is 1. The molecule has 0 bridgehead atoms. The number of sulfonamides is 2. The predicted molar refractivity (Wildman–Crippen MR) is 310 cm³/mol. The quantitative estimate of drug-likeness (QED) is 0.0507. The molecule has 10 rings (SSSR count). The molecular weight excluding hydrogens is 1210 g/mol. The summed E-state index contributed by atoms with van der Waals surface area (Å²) in [4.78, 5) is 26.9. The van der Waals surface area contributed by atoms with E-state index in [9.17, 15) is 50.5 Å². The van der Waals surface area contributed by atoms with Crippen LogP contribution in [-0.4, -0.2) is 132 Å². The van der Waals surface area contributed by atoms with Gasteiger partial charge in [0.15, 0.2) is 37.2 Å². The lowest BCUT2D eigenvalue weighted by Crippen LogP contribution is -2.26. The van der Waals surface area contributed by atoms with E-state index >= 15 is 0 Å². The van der Waals surface area contributed by atoms with Crippen molar-refractivity contribution in [3.63, 3.8) is 0 Å². The average molecular weight is 1260 g/mol. The Balaban J connectivity index is 0.812. The molecule has 0 radical (unpaired) electrons. The summed E-state index contributed by atoms with van der Waals surface area (Å²) in [5.74, 6) is 0.547. The molecule has 0 saturated heterocycles. The molecule has 84 heavy (non-hydrogen) atoms. The van der Waals surface area contributed by atoms with Crippen LogP contribution >= 0.6 is 0 Å². The third-order valence-electron chi connectivity index (χ3n) is 13.2. The molecule has 32 heteroatoms. The molecule has 4 heterocycles. The minimum Gasteiger partial charge on any atom is -0.345 e. The van der Waals surface area contributed by atoms with Crippen LogP contribution in [0.5, 0.6) is 0 Å². The first-order chi connectivity index (χ1) is 39.7. The van der Waals surface area contributed by atoms with Crippen molar-refractivity contribution in [3.8, 4) is 0 Å². The van der Waals surface area contributed by atoms with E-state index in [0.29, 0.717) is 84.4 Å². The van der Waals surface area contributed by atoms with Crippen molar-refractivity contribution in [3.05, 3.63) is 184 Å². The normalized spacial score (nSPS) is 16.9. The molecule has 1 aromatic heterocycles. The molecule has 0 aliphatic carbocycles. The van der Waals surface area contributed by atoms with E-state index in [1.807, 2.05) is 48.5 Å². The number of H-pyrrole nitrogens is 1. The van der Waals surface area contributed by atoms with Gasteiger partial charge in [-0.25, -0.2) is 76.4 Å². The highest BCUT2D eigenvalue weighted by Gasteiger charge is 2.31. The van der Waals surface area contributed by atoms with Crippen LogP contribution in [0.3, 0.4) is 0 Å². The zero-order valence-corrected chi connectivity index (χ0v) is 48.3. The van der Waals surface area contributed by atoms with Gasteiger partial charge in [0.1, 0.15) is 23.7 Å². The summed E-state index contributed by atoms with van der Waals surface area (Å²) in [6.45, 7) is -1.64. The molecule has 7 aromatic rings. The molecule has 26 nitrogen and oxygen atoms in total. The van der Waals surface area contributed by atoms with Gasteiger partial charge in [0, 0.05) is 63.4 Å². The van der Waals surface area contributed by atoms with Crippen LogP contribution in [0, 0.1) is 0 Å². The minimum absolute atomic E-state index is 0.0374. The van der Waals surface area contributed by atoms with Crippen molar-refractivity contribution in [2.24, 2.45) is 30.7 Å². The second-order valence-electron chi connectivity index (χ2n) is 18.8. The van der Waals surface area contributed by atoms with Crippen molar-refractivity contribution in [2.45, 2.75) is 38.6 Å². The van der Waals surface area contributed by atoms with Gasteiger partial charge in [0.25, 0.3) is 0 Å². The number of hydrogen-bond donors (Lipinski definition) is 7. The van der Waals surface area contributed by atoms with Crippen LogP contribution in [0.4, 0.5) is 5.82 Å². The molecule has 0 spiro atoms. The van der Waals surface area contributed by atoms with E-state index in [4.69, 9.17) is 34.8 Å². The number of benzene rings is 6. The highest BCUT2D eigenvalue weighted by Crippen LogP contribution is 2.33. The fourth-order valence-corrected chi connectivity index (χ4v) is 14.2. The summed E-state index contributed by atoms with van der Waals surface area (Å²) in [6.07, 6.45) is 1.12. The average Bonchev–Trinajstić information content (AvgIpc) is 4.39.